The maximum absolute atomic E-state index is 14.5. The lowest BCUT2D eigenvalue weighted by atomic mass is 10.0. The molecule has 236 valence electrons. The largest absolute Gasteiger partial charge is 0.495 e. The van der Waals surface area contributed by atoms with Gasteiger partial charge in [0.2, 0.25) is 11.8 Å². The van der Waals surface area contributed by atoms with Crippen LogP contribution in [0.15, 0.2) is 102 Å². The van der Waals surface area contributed by atoms with Crippen molar-refractivity contribution in [2.24, 2.45) is 0 Å². The van der Waals surface area contributed by atoms with E-state index in [9.17, 15) is 18.0 Å². The lowest BCUT2D eigenvalue weighted by Crippen LogP contribution is -2.53. The van der Waals surface area contributed by atoms with Crippen LogP contribution in [0.5, 0.6) is 5.75 Å². The minimum Gasteiger partial charge on any atom is -0.495 e. The zero-order valence-corrected chi connectivity index (χ0v) is 27.6. The summed E-state index contributed by atoms with van der Waals surface area (Å²) in [5.74, 6) is -0.761. The second-order valence-corrected chi connectivity index (χ2v) is 13.1. The molecule has 0 aliphatic rings. The predicted molar refractivity (Wildman–Crippen MR) is 178 cm³/mol. The van der Waals surface area contributed by atoms with Crippen LogP contribution in [0, 0.1) is 6.92 Å². The Labute approximate surface area is 274 Å². The van der Waals surface area contributed by atoms with Gasteiger partial charge in [-0.2, -0.15) is 0 Å². The van der Waals surface area contributed by atoms with Crippen LogP contribution in [-0.4, -0.2) is 51.4 Å². The van der Waals surface area contributed by atoms with E-state index in [0.29, 0.717) is 17.1 Å². The van der Waals surface area contributed by atoms with Crippen molar-refractivity contribution in [1.82, 2.24) is 10.2 Å². The monoisotopic (exact) mass is 667 g/mol. The summed E-state index contributed by atoms with van der Waals surface area (Å²) in [6.45, 7) is 3.38. The molecule has 11 heteroatoms. The highest BCUT2D eigenvalue weighted by molar-refractivity contribution is 7.92. The number of hydrogen-bond donors (Lipinski definition) is 1. The Morgan fingerprint density at radius 1 is 0.867 bits per heavy atom. The van der Waals surface area contributed by atoms with Gasteiger partial charge in [0.25, 0.3) is 10.0 Å². The van der Waals surface area contributed by atoms with Crippen LogP contribution >= 0.6 is 23.2 Å². The van der Waals surface area contributed by atoms with Crippen molar-refractivity contribution >= 4 is 50.7 Å². The first-order valence-corrected chi connectivity index (χ1v) is 16.5. The molecule has 0 saturated carbocycles. The van der Waals surface area contributed by atoms with Crippen molar-refractivity contribution in [2.45, 2.75) is 37.8 Å². The number of rotatable bonds is 13. The lowest BCUT2D eigenvalue weighted by Gasteiger charge is -2.34. The third kappa shape index (κ3) is 8.57. The van der Waals surface area contributed by atoms with Gasteiger partial charge in [-0.25, -0.2) is 8.42 Å². The topological polar surface area (TPSA) is 96.0 Å². The van der Waals surface area contributed by atoms with Gasteiger partial charge >= 0.3 is 0 Å². The highest BCUT2D eigenvalue weighted by Gasteiger charge is 2.35. The number of carbonyl (C=O) groups excluding carboxylic acids is 2. The van der Waals surface area contributed by atoms with Gasteiger partial charge in [-0.05, 0) is 67.4 Å². The number of carbonyl (C=O) groups is 2. The number of benzene rings is 4. The number of amides is 2. The fourth-order valence-corrected chi connectivity index (χ4v) is 6.55. The summed E-state index contributed by atoms with van der Waals surface area (Å²) in [5, 5.41) is 3.62. The SMILES string of the molecule is CCNC(=O)[C@H](Cc1ccccc1)N(Cc1ccc(Cl)cc1)C(=O)CN(c1cc(Cl)ccc1OC)S(=O)(=O)c1ccc(C)cc1. The summed E-state index contributed by atoms with van der Waals surface area (Å²) in [6.07, 6.45) is 0.206. The molecule has 0 aromatic heterocycles. The molecule has 4 rings (SSSR count). The third-order valence-electron chi connectivity index (χ3n) is 7.19. The highest BCUT2D eigenvalue weighted by atomic mass is 35.5. The Morgan fingerprint density at radius 3 is 2.13 bits per heavy atom. The third-order valence-corrected chi connectivity index (χ3v) is 9.45. The molecule has 4 aromatic carbocycles. The zero-order valence-electron chi connectivity index (χ0n) is 25.2. The first-order chi connectivity index (χ1) is 21.5. The summed E-state index contributed by atoms with van der Waals surface area (Å²) in [5.41, 5.74) is 2.51. The molecule has 0 fully saturated rings. The van der Waals surface area contributed by atoms with Gasteiger partial charge in [-0.1, -0.05) is 83.4 Å². The summed E-state index contributed by atoms with van der Waals surface area (Å²) in [7, 11) is -2.91. The van der Waals surface area contributed by atoms with Crippen molar-refractivity contribution in [3.8, 4) is 5.75 Å². The molecule has 0 unspecified atom stereocenters. The molecule has 1 atom stereocenters. The normalized spacial score (nSPS) is 11.8. The van der Waals surface area contributed by atoms with Crippen LogP contribution in [0.2, 0.25) is 10.0 Å². The lowest BCUT2D eigenvalue weighted by molar-refractivity contribution is -0.140. The van der Waals surface area contributed by atoms with Crippen molar-refractivity contribution in [2.75, 3.05) is 24.5 Å². The molecule has 1 N–H and O–H groups in total. The minimum atomic E-state index is -4.31. The molecule has 0 bridgehead atoms. The quantitative estimate of drug-likeness (QED) is 0.181. The van der Waals surface area contributed by atoms with E-state index in [1.807, 2.05) is 37.3 Å². The number of nitrogens with zero attached hydrogens (tertiary/aromatic N) is 2. The number of likely N-dealkylation sites (N-methyl/N-ethyl adjacent to an activating group) is 1. The van der Waals surface area contributed by atoms with Crippen molar-refractivity contribution < 1.29 is 22.7 Å². The molecule has 0 aliphatic heterocycles. The van der Waals surface area contributed by atoms with E-state index in [-0.39, 0.29) is 40.2 Å². The van der Waals surface area contributed by atoms with Gasteiger partial charge in [0, 0.05) is 29.6 Å². The summed E-state index contributed by atoms with van der Waals surface area (Å²) in [6, 6.07) is 26.2. The second kappa shape index (κ2) is 15.3. The van der Waals surface area contributed by atoms with Crippen LogP contribution in [0.3, 0.4) is 0 Å². The van der Waals surface area contributed by atoms with E-state index in [4.69, 9.17) is 27.9 Å². The molecule has 2 amide bonds. The van der Waals surface area contributed by atoms with Crippen LogP contribution in [-0.2, 0) is 32.6 Å². The number of halogens is 2. The molecule has 4 aromatic rings. The van der Waals surface area contributed by atoms with Crippen molar-refractivity contribution in [1.29, 1.82) is 0 Å². The van der Waals surface area contributed by atoms with E-state index < -0.39 is 28.5 Å². The molecule has 0 radical (unpaired) electrons. The molecule has 0 aliphatic carbocycles. The van der Waals surface area contributed by atoms with Gasteiger partial charge in [0.15, 0.2) is 0 Å². The first kappa shape index (κ1) is 33.8. The van der Waals surface area contributed by atoms with Gasteiger partial charge in [0.05, 0.1) is 17.7 Å². The maximum Gasteiger partial charge on any atom is 0.264 e. The van der Waals surface area contributed by atoms with Gasteiger partial charge in [-0.15, -0.1) is 0 Å². The van der Waals surface area contributed by atoms with Crippen molar-refractivity contribution in [3.63, 3.8) is 0 Å². The Kier molecular flexibility index (Phi) is 11.5. The summed E-state index contributed by atoms with van der Waals surface area (Å²) >= 11 is 12.5. The van der Waals surface area contributed by atoms with Gasteiger partial charge < -0.3 is 15.0 Å². The van der Waals surface area contributed by atoms with E-state index in [0.717, 1.165) is 15.4 Å². The fraction of sp³-hybridized carbons (Fsp3) is 0.235. The van der Waals surface area contributed by atoms with Gasteiger partial charge in [-0.3, -0.25) is 13.9 Å². The second-order valence-electron chi connectivity index (χ2n) is 10.4. The first-order valence-electron chi connectivity index (χ1n) is 14.3. The number of methoxy groups -OCH3 is 1. The smallest absolute Gasteiger partial charge is 0.264 e. The molecule has 0 heterocycles. The fourth-order valence-electron chi connectivity index (χ4n) is 4.84. The number of hydrogen-bond acceptors (Lipinski definition) is 5. The highest BCUT2D eigenvalue weighted by Crippen LogP contribution is 2.35. The van der Waals surface area contributed by atoms with E-state index >= 15 is 0 Å². The Balaban J connectivity index is 1.84. The molecule has 8 nitrogen and oxygen atoms in total. The Morgan fingerprint density at radius 2 is 1.51 bits per heavy atom. The molecular weight excluding hydrogens is 633 g/mol. The summed E-state index contributed by atoms with van der Waals surface area (Å²) < 4.78 is 35.0. The van der Waals surface area contributed by atoms with E-state index in [1.165, 1.54) is 36.3 Å². The van der Waals surface area contributed by atoms with Crippen LogP contribution in [0.1, 0.15) is 23.6 Å². The number of nitrogens with one attached hydrogen (secondary N) is 1. The average molecular weight is 669 g/mol. The van der Waals surface area contributed by atoms with Crippen LogP contribution < -0.4 is 14.4 Å². The predicted octanol–water partition coefficient (Wildman–Crippen LogP) is 6.28. The minimum absolute atomic E-state index is 0.0169. The molecular formula is C34H35Cl2N3O5S. The molecule has 0 spiro atoms. The maximum atomic E-state index is 14.5. The molecule has 45 heavy (non-hydrogen) atoms. The van der Waals surface area contributed by atoms with E-state index in [2.05, 4.69) is 5.32 Å². The average Bonchev–Trinajstić information content (AvgIpc) is 3.03. The van der Waals surface area contributed by atoms with Crippen molar-refractivity contribution in [3.05, 3.63) is 124 Å². The number of ether oxygens (including phenoxy) is 1. The standard InChI is InChI=1S/C34H35Cl2N3O5S/c1-4-37-34(41)31(20-25-8-6-5-7-9-25)38(22-26-12-14-27(35)15-13-26)33(40)23-39(30-21-28(36)16-19-32(30)44-3)45(42,43)29-17-10-24(2)11-18-29/h5-19,21,31H,4,20,22-23H2,1-3H3,(H,37,41)/t31-/m0/s1. The summed E-state index contributed by atoms with van der Waals surface area (Å²) in [4.78, 5) is 29.5. The Bertz CT molecular complexity index is 1720. The number of aryl methyl sites for hydroxylation is 1. The van der Waals surface area contributed by atoms with Crippen LogP contribution in [0.4, 0.5) is 5.69 Å². The zero-order chi connectivity index (χ0) is 32.6. The van der Waals surface area contributed by atoms with E-state index in [1.54, 1.807) is 49.4 Å². The number of anilines is 1. The van der Waals surface area contributed by atoms with Crippen LogP contribution in [0.25, 0.3) is 0 Å². The van der Waals surface area contributed by atoms with Gasteiger partial charge in [0.1, 0.15) is 18.3 Å². The Hall–Kier alpha value is -4.05. The number of sulfonamides is 1. The molecule has 0 saturated heterocycles.